The normalized spacial score (nSPS) is 9.60. The molecule has 0 unspecified atom stereocenters. The Bertz CT molecular complexity index is 509. The minimum atomic E-state index is -0.258. The molecular weight excluding hydrogens is 189 g/mol. The molecule has 0 bridgehead atoms. The zero-order valence-corrected chi connectivity index (χ0v) is 7.94. The van der Waals surface area contributed by atoms with Crippen LogP contribution in [0.1, 0.15) is 5.56 Å². The highest BCUT2D eigenvalue weighted by Gasteiger charge is 1.99. The Balaban J connectivity index is 2.46. The maximum Gasteiger partial charge on any atom is 0.123 e. The molecule has 2 aromatic rings. The summed E-state index contributed by atoms with van der Waals surface area (Å²) in [7, 11) is 0. The molecule has 72 valence electrons. The first-order valence-electron chi connectivity index (χ1n) is 4.48. The topological polar surface area (TPSA) is 12.9 Å². The zero-order valence-electron chi connectivity index (χ0n) is 7.94. The van der Waals surface area contributed by atoms with Gasteiger partial charge >= 0.3 is 0 Å². The van der Waals surface area contributed by atoms with E-state index in [0.717, 1.165) is 16.8 Å². The molecule has 2 heteroatoms. The monoisotopic (exact) mass is 197 g/mol. The Kier molecular flexibility index (Phi) is 2.47. The van der Waals surface area contributed by atoms with E-state index in [2.05, 4.69) is 10.9 Å². The molecule has 15 heavy (non-hydrogen) atoms. The molecule has 0 fully saturated rings. The van der Waals surface area contributed by atoms with Crippen molar-refractivity contribution in [2.75, 3.05) is 0 Å². The van der Waals surface area contributed by atoms with Crippen LogP contribution < -0.4 is 0 Å². The van der Waals surface area contributed by atoms with E-state index in [1.54, 1.807) is 30.5 Å². The molecule has 0 saturated carbocycles. The molecule has 0 amide bonds. The van der Waals surface area contributed by atoms with E-state index in [1.807, 2.05) is 0 Å². The van der Waals surface area contributed by atoms with Crippen LogP contribution in [0.25, 0.3) is 11.3 Å². The van der Waals surface area contributed by atoms with Crippen molar-refractivity contribution in [3.8, 4) is 23.6 Å². The molecule has 1 aromatic heterocycles. The fraction of sp³-hybridized carbons (Fsp3) is 0. The smallest absolute Gasteiger partial charge is 0.123 e. The van der Waals surface area contributed by atoms with Gasteiger partial charge in [0.2, 0.25) is 0 Å². The first-order chi connectivity index (χ1) is 7.29. The maximum absolute atomic E-state index is 12.7. The Hall–Kier alpha value is -2.14. The second-order valence-electron chi connectivity index (χ2n) is 3.08. The minimum Gasteiger partial charge on any atom is -0.256 e. The van der Waals surface area contributed by atoms with Gasteiger partial charge in [-0.1, -0.05) is 5.92 Å². The van der Waals surface area contributed by atoms with E-state index < -0.39 is 0 Å². The van der Waals surface area contributed by atoms with E-state index in [1.165, 1.54) is 12.1 Å². The highest BCUT2D eigenvalue weighted by atomic mass is 19.1. The molecule has 1 nitrogen and oxygen atoms in total. The van der Waals surface area contributed by atoms with Crippen molar-refractivity contribution in [3.63, 3.8) is 0 Å². The number of pyridine rings is 1. The third kappa shape index (κ3) is 2.03. The summed E-state index contributed by atoms with van der Waals surface area (Å²) < 4.78 is 12.7. The molecular formula is C13H8FN. The fourth-order valence-electron chi connectivity index (χ4n) is 1.30. The third-order valence-electron chi connectivity index (χ3n) is 2.07. The Morgan fingerprint density at radius 1 is 1.13 bits per heavy atom. The average Bonchev–Trinajstić information content (AvgIpc) is 2.30. The van der Waals surface area contributed by atoms with Gasteiger partial charge in [0.05, 0.1) is 5.69 Å². The van der Waals surface area contributed by atoms with Gasteiger partial charge in [0.25, 0.3) is 0 Å². The van der Waals surface area contributed by atoms with Gasteiger partial charge in [0.15, 0.2) is 0 Å². The Morgan fingerprint density at radius 3 is 2.53 bits per heavy atom. The molecule has 1 heterocycles. The quantitative estimate of drug-likeness (QED) is 0.640. The minimum absolute atomic E-state index is 0.258. The summed E-state index contributed by atoms with van der Waals surface area (Å²) in [5.41, 5.74) is 2.38. The number of nitrogens with zero attached hydrogens (tertiary/aromatic N) is 1. The van der Waals surface area contributed by atoms with Gasteiger partial charge in [-0.05, 0) is 36.4 Å². The second-order valence-corrected chi connectivity index (χ2v) is 3.08. The number of aromatic nitrogens is 1. The van der Waals surface area contributed by atoms with Gasteiger partial charge in [0.1, 0.15) is 5.82 Å². The molecule has 0 aliphatic heterocycles. The summed E-state index contributed by atoms with van der Waals surface area (Å²) in [5, 5.41) is 0. The molecule has 0 atom stereocenters. The van der Waals surface area contributed by atoms with Crippen molar-refractivity contribution in [3.05, 3.63) is 54.0 Å². The van der Waals surface area contributed by atoms with Gasteiger partial charge in [-0.15, -0.1) is 6.42 Å². The highest BCUT2D eigenvalue weighted by Crippen LogP contribution is 2.17. The Morgan fingerprint density at radius 2 is 1.87 bits per heavy atom. The summed E-state index contributed by atoms with van der Waals surface area (Å²) >= 11 is 0. The standard InChI is InChI=1S/C13H8FN/c1-2-10-7-8-15-13(9-10)11-3-5-12(14)6-4-11/h1,3-9H. The number of hydrogen-bond donors (Lipinski definition) is 0. The lowest BCUT2D eigenvalue weighted by Gasteiger charge is -2.00. The number of halogens is 1. The summed E-state index contributed by atoms with van der Waals surface area (Å²) in [6, 6.07) is 9.72. The van der Waals surface area contributed by atoms with E-state index in [9.17, 15) is 4.39 Å². The lowest BCUT2D eigenvalue weighted by atomic mass is 10.1. The van der Waals surface area contributed by atoms with Crippen LogP contribution >= 0.6 is 0 Å². The second kappa shape index (κ2) is 3.93. The number of rotatable bonds is 1. The molecule has 0 aliphatic carbocycles. The summed E-state index contributed by atoms with van der Waals surface area (Å²) in [5.74, 6) is 2.28. The molecule has 2 rings (SSSR count). The van der Waals surface area contributed by atoms with E-state index in [0.29, 0.717) is 0 Å². The third-order valence-corrected chi connectivity index (χ3v) is 2.07. The lowest BCUT2D eigenvalue weighted by molar-refractivity contribution is 0.628. The van der Waals surface area contributed by atoms with Gasteiger partial charge < -0.3 is 0 Å². The molecule has 0 saturated heterocycles. The van der Waals surface area contributed by atoms with Gasteiger partial charge in [0, 0.05) is 17.3 Å². The van der Waals surface area contributed by atoms with E-state index in [-0.39, 0.29) is 5.82 Å². The number of terminal acetylenes is 1. The van der Waals surface area contributed by atoms with Crippen LogP contribution in [-0.2, 0) is 0 Å². The van der Waals surface area contributed by atoms with Gasteiger partial charge in [-0.3, -0.25) is 4.98 Å². The van der Waals surface area contributed by atoms with Crippen LogP contribution in [0.3, 0.4) is 0 Å². The van der Waals surface area contributed by atoms with E-state index in [4.69, 9.17) is 6.42 Å². The largest absolute Gasteiger partial charge is 0.256 e. The number of benzene rings is 1. The van der Waals surface area contributed by atoms with Crippen LogP contribution in [0.15, 0.2) is 42.6 Å². The molecule has 0 radical (unpaired) electrons. The van der Waals surface area contributed by atoms with Crippen LogP contribution in [-0.4, -0.2) is 4.98 Å². The van der Waals surface area contributed by atoms with Crippen molar-refractivity contribution in [1.29, 1.82) is 0 Å². The predicted molar refractivity (Wildman–Crippen MR) is 57.6 cm³/mol. The van der Waals surface area contributed by atoms with E-state index >= 15 is 0 Å². The summed E-state index contributed by atoms with van der Waals surface area (Å²) in [4.78, 5) is 4.17. The van der Waals surface area contributed by atoms with Crippen LogP contribution in [0.4, 0.5) is 4.39 Å². The first-order valence-corrected chi connectivity index (χ1v) is 4.48. The predicted octanol–water partition coefficient (Wildman–Crippen LogP) is 2.87. The van der Waals surface area contributed by atoms with Crippen molar-refractivity contribution < 1.29 is 4.39 Å². The molecule has 0 spiro atoms. The van der Waals surface area contributed by atoms with Crippen molar-refractivity contribution >= 4 is 0 Å². The molecule has 0 aliphatic rings. The van der Waals surface area contributed by atoms with Gasteiger partial charge in [-0.25, -0.2) is 4.39 Å². The van der Waals surface area contributed by atoms with Gasteiger partial charge in [-0.2, -0.15) is 0 Å². The molecule has 0 N–H and O–H groups in total. The average molecular weight is 197 g/mol. The highest BCUT2D eigenvalue weighted by molar-refractivity contribution is 5.60. The summed E-state index contributed by atoms with van der Waals surface area (Å²) in [6.07, 6.45) is 6.93. The lowest BCUT2D eigenvalue weighted by Crippen LogP contribution is -1.85. The van der Waals surface area contributed by atoms with Crippen LogP contribution in [0.5, 0.6) is 0 Å². The SMILES string of the molecule is C#Cc1ccnc(-c2ccc(F)cc2)c1. The molecule has 1 aromatic carbocycles. The number of hydrogen-bond acceptors (Lipinski definition) is 1. The summed E-state index contributed by atoms with van der Waals surface area (Å²) in [6.45, 7) is 0. The maximum atomic E-state index is 12.7. The van der Waals surface area contributed by atoms with Crippen molar-refractivity contribution in [2.24, 2.45) is 0 Å². The Labute approximate surface area is 87.6 Å². The van der Waals surface area contributed by atoms with Crippen molar-refractivity contribution in [1.82, 2.24) is 4.98 Å². The van der Waals surface area contributed by atoms with Crippen molar-refractivity contribution in [2.45, 2.75) is 0 Å². The fourth-order valence-corrected chi connectivity index (χ4v) is 1.30. The first kappa shape index (κ1) is 9.42. The van der Waals surface area contributed by atoms with Crippen LogP contribution in [0, 0.1) is 18.2 Å². The zero-order chi connectivity index (χ0) is 10.7. The van der Waals surface area contributed by atoms with Crippen LogP contribution in [0.2, 0.25) is 0 Å².